The Balaban J connectivity index is 0.969. The van der Waals surface area contributed by atoms with Crippen LogP contribution in [0.1, 0.15) is 44.5 Å². The summed E-state index contributed by atoms with van der Waals surface area (Å²) in [5.41, 5.74) is 30.4. The minimum atomic E-state index is -0.551. The van der Waals surface area contributed by atoms with E-state index in [-0.39, 0.29) is 0 Å². The molecule has 0 amide bonds. The molecule has 0 fully saturated rings. The van der Waals surface area contributed by atoms with E-state index in [0.29, 0.717) is 0 Å². The molecule has 0 N–H and O–H groups in total. The number of anilines is 3. The van der Waals surface area contributed by atoms with Crippen LogP contribution in [0.4, 0.5) is 17.1 Å². The van der Waals surface area contributed by atoms with Gasteiger partial charge in [-0.1, -0.05) is 243 Å². The molecule has 2 spiro atoms. The average molecular weight is 950 g/mol. The van der Waals surface area contributed by atoms with Crippen molar-refractivity contribution in [1.29, 1.82) is 0 Å². The molecule has 0 aromatic heterocycles. The van der Waals surface area contributed by atoms with Crippen LogP contribution in [0.3, 0.4) is 0 Å². The van der Waals surface area contributed by atoms with Gasteiger partial charge in [-0.15, -0.1) is 0 Å². The average Bonchev–Trinajstić information content (AvgIpc) is 4.18. The molecule has 2 atom stereocenters. The second-order valence-corrected chi connectivity index (χ2v) is 20.6. The summed E-state index contributed by atoms with van der Waals surface area (Å²) in [7, 11) is 0. The van der Waals surface area contributed by atoms with Crippen LogP contribution in [0.15, 0.2) is 285 Å². The summed E-state index contributed by atoms with van der Waals surface area (Å²) in [5, 5.41) is 0. The van der Waals surface area contributed by atoms with Crippen LogP contribution in [0, 0.1) is 0 Å². The van der Waals surface area contributed by atoms with Gasteiger partial charge in [0.05, 0.1) is 16.5 Å². The van der Waals surface area contributed by atoms with Gasteiger partial charge in [-0.3, -0.25) is 0 Å². The van der Waals surface area contributed by atoms with Gasteiger partial charge in [0, 0.05) is 16.9 Å². The molecule has 75 heavy (non-hydrogen) atoms. The number of benzene rings is 12. The van der Waals surface area contributed by atoms with E-state index in [1.807, 2.05) is 0 Å². The molecule has 0 heterocycles. The first-order valence-electron chi connectivity index (χ1n) is 26.2. The molecule has 1 nitrogen and oxygen atoms in total. The molecule has 4 aliphatic carbocycles. The smallest absolute Gasteiger partial charge is 0.0726 e. The summed E-state index contributed by atoms with van der Waals surface area (Å²) in [6, 6.07) is 107. The molecule has 1 heteroatoms. The Morgan fingerprint density at radius 3 is 1.04 bits per heavy atom. The number of hydrogen-bond donors (Lipinski definition) is 0. The second kappa shape index (κ2) is 16.0. The van der Waals surface area contributed by atoms with Gasteiger partial charge in [0.1, 0.15) is 0 Å². The molecular weight excluding hydrogens is 903 g/mol. The highest BCUT2D eigenvalue weighted by molar-refractivity contribution is 6.03. The second-order valence-electron chi connectivity index (χ2n) is 20.6. The van der Waals surface area contributed by atoms with Gasteiger partial charge in [0.25, 0.3) is 0 Å². The van der Waals surface area contributed by atoms with Gasteiger partial charge in [0.2, 0.25) is 0 Å². The van der Waals surface area contributed by atoms with E-state index in [2.05, 4.69) is 290 Å². The third-order valence-electron chi connectivity index (χ3n) is 17.1. The molecule has 0 bridgehead atoms. The molecule has 348 valence electrons. The van der Waals surface area contributed by atoms with E-state index >= 15 is 0 Å². The summed E-state index contributed by atoms with van der Waals surface area (Å²) >= 11 is 0. The maximum Gasteiger partial charge on any atom is 0.0726 e. The number of hydrogen-bond acceptors (Lipinski definition) is 1. The van der Waals surface area contributed by atoms with Crippen LogP contribution in [0.2, 0.25) is 0 Å². The lowest BCUT2D eigenvalue weighted by atomic mass is 9.70. The Bertz CT molecular complexity index is 4270. The first kappa shape index (κ1) is 42.0. The van der Waals surface area contributed by atoms with Crippen molar-refractivity contribution in [3.63, 3.8) is 0 Å². The molecule has 12 aromatic rings. The fraction of sp³-hybridized carbons (Fsp3) is 0.0270. The molecule has 0 saturated heterocycles. The maximum absolute atomic E-state index is 2.56. The third kappa shape index (κ3) is 5.73. The highest BCUT2D eigenvalue weighted by atomic mass is 15.1. The van der Waals surface area contributed by atoms with Crippen LogP contribution >= 0.6 is 0 Å². The molecule has 0 radical (unpaired) electrons. The molecule has 0 saturated carbocycles. The Kier molecular flexibility index (Phi) is 8.94. The standard InChI is InChI=1S/C74H47N/c1-4-19-48(20-5-1)51-35-39-54(40-36-51)75(55-41-44-61-58-27-12-16-31-65(58)74(70(61)47-55)64-30-15-11-26-57(64)60-43-38-53(46-69(60)74)50-23-8-3-9-24-50)71-34-18-33-67-72(71)62-28-13-17-32-66(62)73(67)63-29-14-10-25-56(63)59-42-37-52(45-68(59)73)49-21-6-2-7-22-49/h1-47H. The van der Waals surface area contributed by atoms with E-state index in [9.17, 15) is 0 Å². The molecule has 0 aliphatic heterocycles. The predicted molar refractivity (Wildman–Crippen MR) is 310 cm³/mol. The van der Waals surface area contributed by atoms with Crippen molar-refractivity contribution in [1.82, 2.24) is 0 Å². The largest absolute Gasteiger partial charge is 0.310 e. The summed E-state index contributed by atoms with van der Waals surface area (Å²) in [6.45, 7) is 0. The lowest BCUT2D eigenvalue weighted by molar-refractivity contribution is 0.793. The zero-order valence-electron chi connectivity index (χ0n) is 41.1. The minimum absolute atomic E-state index is 0.543. The van der Waals surface area contributed by atoms with Crippen LogP contribution in [-0.2, 0) is 10.8 Å². The third-order valence-corrected chi connectivity index (χ3v) is 17.1. The fourth-order valence-electron chi connectivity index (χ4n) is 14.1. The van der Waals surface area contributed by atoms with Gasteiger partial charge < -0.3 is 4.90 Å². The topological polar surface area (TPSA) is 3.24 Å². The molecule has 12 aromatic carbocycles. The quantitative estimate of drug-likeness (QED) is 0.161. The van der Waals surface area contributed by atoms with Gasteiger partial charge >= 0.3 is 0 Å². The predicted octanol–water partition coefficient (Wildman–Crippen LogP) is 18.8. The molecular formula is C74H47N. The van der Waals surface area contributed by atoms with Crippen molar-refractivity contribution in [3.8, 4) is 77.9 Å². The van der Waals surface area contributed by atoms with E-state index in [0.717, 1.165) is 17.1 Å². The summed E-state index contributed by atoms with van der Waals surface area (Å²) in [6.07, 6.45) is 0. The molecule has 16 rings (SSSR count). The van der Waals surface area contributed by atoms with Gasteiger partial charge in [0.15, 0.2) is 0 Å². The van der Waals surface area contributed by atoms with Crippen molar-refractivity contribution in [3.05, 3.63) is 330 Å². The fourth-order valence-corrected chi connectivity index (χ4v) is 14.1. The number of fused-ring (bicyclic) bond motifs is 20. The van der Waals surface area contributed by atoms with E-state index in [4.69, 9.17) is 0 Å². The van der Waals surface area contributed by atoms with Gasteiger partial charge in [-0.25, -0.2) is 0 Å². The van der Waals surface area contributed by atoms with Gasteiger partial charge in [-0.05, 0) is 159 Å². The van der Waals surface area contributed by atoms with Crippen LogP contribution < -0.4 is 4.90 Å². The number of rotatable bonds is 6. The van der Waals surface area contributed by atoms with E-state index in [1.165, 1.54) is 122 Å². The maximum atomic E-state index is 2.56. The normalized spacial score (nSPS) is 16.4. The van der Waals surface area contributed by atoms with E-state index in [1.54, 1.807) is 0 Å². The van der Waals surface area contributed by atoms with Crippen molar-refractivity contribution < 1.29 is 0 Å². The van der Waals surface area contributed by atoms with Crippen LogP contribution in [-0.4, -0.2) is 0 Å². The summed E-state index contributed by atoms with van der Waals surface area (Å²) < 4.78 is 0. The Labute approximate surface area is 438 Å². The Hall–Kier alpha value is -9.56. The zero-order chi connectivity index (χ0) is 49.2. The highest BCUT2D eigenvalue weighted by Gasteiger charge is 2.54. The molecule has 4 aliphatic rings. The van der Waals surface area contributed by atoms with Crippen molar-refractivity contribution in [2.75, 3.05) is 4.90 Å². The highest BCUT2D eigenvalue weighted by Crippen LogP contribution is 2.67. The monoisotopic (exact) mass is 949 g/mol. The first-order valence-corrected chi connectivity index (χ1v) is 26.2. The first-order chi connectivity index (χ1) is 37.2. The number of nitrogens with zero attached hydrogens (tertiary/aromatic N) is 1. The lowest BCUT2D eigenvalue weighted by Crippen LogP contribution is -2.26. The van der Waals surface area contributed by atoms with Crippen LogP contribution in [0.25, 0.3) is 77.9 Å². The zero-order valence-corrected chi connectivity index (χ0v) is 41.1. The summed E-state index contributed by atoms with van der Waals surface area (Å²) in [5.74, 6) is 0. The lowest BCUT2D eigenvalue weighted by Gasteiger charge is -2.33. The van der Waals surface area contributed by atoms with Crippen LogP contribution in [0.5, 0.6) is 0 Å². The Morgan fingerprint density at radius 1 is 0.200 bits per heavy atom. The van der Waals surface area contributed by atoms with Crippen molar-refractivity contribution >= 4 is 17.1 Å². The summed E-state index contributed by atoms with van der Waals surface area (Å²) in [4.78, 5) is 2.56. The SMILES string of the molecule is c1ccc(-c2ccc(N(c3ccc4c(c3)C3(c5ccccc5-c5ccc(-c6ccccc6)cc53)c3ccccc3-4)c3cccc4c3-c3ccccc3C43c4ccccc4-c4ccc(-c5ccccc5)cc43)cc2)cc1. The molecule has 2 unspecified atom stereocenters. The van der Waals surface area contributed by atoms with Crippen molar-refractivity contribution in [2.45, 2.75) is 10.8 Å². The minimum Gasteiger partial charge on any atom is -0.310 e. The van der Waals surface area contributed by atoms with E-state index < -0.39 is 10.8 Å². The Morgan fingerprint density at radius 2 is 0.533 bits per heavy atom. The van der Waals surface area contributed by atoms with Gasteiger partial charge in [-0.2, -0.15) is 0 Å². The van der Waals surface area contributed by atoms with Crippen molar-refractivity contribution in [2.24, 2.45) is 0 Å².